The van der Waals surface area contributed by atoms with Crippen molar-refractivity contribution in [2.24, 2.45) is 0 Å². The summed E-state index contributed by atoms with van der Waals surface area (Å²) in [5.41, 5.74) is 4.08. The molecule has 4 aromatic rings. The molecule has 8 nitrogen and oxygen atoms in total. The monoisotopic (exact) mass is 509 g/mol. The fourth-order valence-corrected chi connectivity index (χ4v) is 4.63. The average molecular weight is 510 g/mol. The van der Waals surface area contributed by atoms with E-state index in [1.165, 1.54) is 11.9 Å². The van der Waals surface area contributed by atoms with E-state index in [-0.39, 0.29) is 11.7 Å². The number of ether oxygens (including phenoxy) is 1. The number of rotatable bonds is 7. The Morgan fingerprint density at radius 1 is 1.03 bits per heavy atom. The summed E-state index contributed by atoms with van der Waals surface area (Å²) in [5, 5.41) is 10.2. The van der Waals surface area contributed by atoms with Crippen LogP contribution < -0.4 is 5.56 Å². The molecule has 1 aliphatic heterocycles. The maximum absolute atomic E-state index is 11.9. The predicted molar refractivity (Wildman–Crippen MR) is 145 cm³/mol. The minimum absolute atomic E-state index is 0.0240. The lowest BCUT2D eigenvalue weighted by Gasteiger charge is -2.26. The molecule has 38 heavy (non-hydrogen) atoms. The Balaban J connectivity index is 1.30. The van der Waals surface area contributed by atoms with Crippen molar-refractivity contribution in [3.05, 3.63) is 111 Å². The average Bonchev–Trinajstić information content (AvgIpc) is 3.35. The second kappa shape index (κ2) is 11.9. The molecule has 0 saturated carbocycles. The summed E-state index contributed by atoms with van der Waals surface area (Å²) in [7, 11) is 0. The number of hydrogen-bond donors (Lipinski definition) is 2. The van der Waals surface area contributed by atoms with Crippen molar-refractivity contribution in [3.63, 3.8) is 0 Å². The number of aromatic hydroxyl groups is 1. The maximum Gasteiger partial charge on any atom is 0.293 e. The maximum atomic E-state index is 11.9. The van der Waals surface area contributed by atoms with Crippen LogP contribution in [0.4, 0.5) is 0 Å². The highest BCUT2D eigenvalue weighted by molar-refractivity contribution is 5.44. The number of morpholine rings is 1. The third-order valence-corrected chi connectivity index (χ3v) is 6.88. The number of nitrogens with zero attached hydrogens (tertiary/aromatic N) is 4. The fraction of sp³-hybridized carbons (Fsp3) is 0.300. The second-order valence-electron chi connectivity index (χ2n) is 9.51. The summed E-state index contributed by atoms with van der Waals surface area (Å²) in [6, 6.07) is 16.5. The van der Waals surface area contributed by atoms with Gasteiger partial charge in [-0.1, -0.05) is 36.1 Å². The SMILES string of the molecule is Cc1nccn1CC(Cc1nc[nH]c(=O)c1O)c1ccc(C#Cc2ccc(CN3CCOCC3)cc2)cc1. The molecule has 5 rings (SSSR count). The lowest BCUT2D eigenvalue weighted by Crippen LogP contribution is -2.35. The zero-order chi connectivity index (χ0) is 26.3. The van der Waals surface area contributed by atoms with Crippen LogP contribution in [-0.4, -0.2) is 55.8 Å². The van der Waals surface area contributed by atoms with Crippen LogP contribution in [0.25, 0.3) is 0 Å². The van der Waals surface area contributed by atoms with Gasteiger partial charge >= 0.3 is 0 Å². The van der Waals surface area contributed by atoms with Gasteiger partial charge in [-0.25, -0.2) is 9.97 Å². The van der Waals surface area contributed by atoms with E-state index in [2.05, 4.69) is 72.7 Å². The van der Waals surface area contributed by atoms with E-state index in [1.807, 2.05) is 25.3 Å². The van der Waals surface area contributed by atoms with Crippen LogP contribution in [0, 0.1) is 18.8 Å². The molecule has 194 valence electrons. The molecule has 0 spiro atoms. The molecule has 2 aromatic carbocycles. The van der Waals surface area contributed by atoms with Crippen molar-refractivity contribution >= 4 is 0 Å². The van der Waals surface area contributed by atoms with E-state index in [4.69, 9.17) is 4.74 Å². The Bertz CT molecular complexity index is 1470. The molecule has 1 aliphatic rings. The number of aromatic amines is 1. The van der Waals surface area contributed by atoms with E-state index >= 15 is 0 Å². The van der Waals surface area contributed by atoms with E-state index in [1.54, 1.807) is 6.20 Å². The Morgan fingerprint density at radius 3 is 2.37 bits per heavy atom. The predicted octanol–water partition coefficient (Wildman–Crippen LogP) is 3.24. The van der Waals surface area contributed by atoms with Gasteiger partial charge in [0.25, 0.3) is 5.56 Å². The van der Waals surface area contributed by atoms with Gasteiger partial charge in [-0.15, -0.1) is 0 Å². The highest BCUT2D eigenvalue weighted by Crippen LogP contribution is 2.25. The third kappa shape index (κ3) is 6.38. The third-order valence-electron chi connectivity index (χ3n) is 6.88. The molecule has 2 N–H and O–H groups in total. The number of imidazole rings is 1. The molecule has 0 aliphatic carbocycles. The van der Waals surface area contributed by atoms with Crippen LogP contribution in [-0.2, 0) is 24.2 Å². The van der Waals surface area contributed by atoms with Crippen LogP contribution in [0.2, 0.25) is 0 Å². The number of aromatic nitrogens is 4. The van der Waals surface area contributed by atoms with Crippen LogP contribution in [0.3, 0.4) is 0 Å². The largest absolute Gasteiger partial charge is 0.502 e. The van der Waals surface area contributed by atoms with Gasteiger partial charge in [-0.3, -0.25) is 9.69 Å². The van der Waals surface area contributed by atoms with Gasteiger partial charge in [0.1, 0.15) is 5.82 Å². The first-order valence-electron chi connectivity index (χ1n) is 12.8. The Morgan fingerprint density at radius 2 is 1.71 bits per heavy atom. The summed E-state index contributed by atoms with van der Waals surface area (Å²) in [5.74, 6) is 7.06. The van der Waals surface area contributed by atoms with Gasteiger partial charge in [-0.05, 0) is 42.3 Å². The molecule has 1 atom stereocenters. The van der Waals surface area contributed by atoms with Crippen LogP contribution in [0.5, 0.6) is 5.75 Å². The number of H-pyrrole nitrogens is 1. The molecule has 1 saturated heterocycles. The van der Waals surface area contributed by atoms with Gasteiger partial charge in [0.15, 0.2) is 0 Å². The quantitative estimate of drug-likeness (QED) is 0.372. The zero-order valence-electron chi connectivity index (χ0n) is 21.4. The first-order chi connectivity index (χ1) is 18.5. The topological polar surface area (TPSA) is 96.3 Å². The molecule has 1 unspecified atom stereocenters. The van der Waals surface area contributed by atoms with Crippen LogP contribution >= 0.6 is 0 Å². The molecule has 8 heteroatoms. The molecule has 0 bridgehead atoms. The molecule has 0 amide bonds. The van der Waals surface area contributed by atoms with Gasteiger partial charge in [0.2, 0.25) is 5.75 Å². The van der Waals surface area contributed by atoms with Gasteiger partial charge in [-0.2, -0.15) is 0 Å². The summed E-state index contributed by atoms with van der Waals surface area (Å²) in [6.07, 6.45) is 5.43. The van der Waals surface area contributed by atoms with Crippen molar-refractivity contribution in [3.8, 4) is 17.6 Å². The minimum Gasteiger partial charge on any atom is -0.502 e. The molecule has 0 radical (unpaired) electrons. The number of benzene rings is 2. The van der Waals surface area contributed by atoms with E-state index in [9.17, 15) is 9.90 Å². The highest BCUT2D eigenvalue weighted by atomic mass is 16.5. The van der Waals surface area contributed by atoms with Crippen molar-refractivity contribution < 1.29 is 9.84 Å². The van der Waals surface area contributed by atoms with E-state index in [0.29, 0.717) is 18.7 Å². The smallest absolute Gasteiger partial charge is 0.293 e. The molecule has 1 fully saturated rings. The normalized spacial score (nSPS) is 14.6. The molecular weight excluding hydrogens is 478 g/mol. The number of nitrogens with one attached hydrogen (secondary N) is 1. The summed E-state index contributed by atoms with van der Waals surface area (Å²) in [4.78, 5) is 25.2. The van der Waals surface area contributed by atoms with Crippen molar-refractivity contribution in [1.82, 2.24) is 24.4 Å². The molecule has 3 heterocycles. The second-order valence-corrected chi connectivity index (χ2v) is 9.51. The van der Waals surface area contributed by atoms with E-state index in [0.717, 1.165) is 55.4 Å². The molecule has 2 aromatic heterocycles. The summed E-state index contributed by atoms with van der Waals surface area (Å²) in [6.45, 7) is 7.08. The Kier molecular flexibility index (Phi) is 7.98. The number of hydrogen-bond acceptors (Lipinski definition) is 6. The Labute approximate surface area is 222 Å². The van der Waals surface area contributed by atoms with Gasteiger partial charge in [0.05, 0.1) is 25.2 Å². The fourth-order valence-electron chi connectivity index (χ4n) is 4.63. The van der Waals surface area contributed by atoms with Crippen molar-refractivity contribution in [2.45, 2.75) is 32.4 Å². The summed E-state index contributed by atoms with van der Waals surface area (Å²) < 4.78 is 7.49. The van der Waals surface area contributed by atoms with Crippen molar-refractivity contribution in [1.29, 1.82) is 0 Å². The minimum atomic E-state index is -0.535. The number of aryl methyl sites for hydroxylation is 1. The van der Waals surface area contributed by atoms with E-state index < -0.39 is 5.56 Å². The van der Waals surface area contributed by atoms with Gasteiger partial charge < -0.3 is 19.4 Å². The first kappa shape index (κ1) is 25.5. The Hall–Kier alpha value is -4.19. The molecular formula is C30H31N5O3. The van der Waals surface area contributed by atoms with Crippen LogP contribution in [0.15, 0.2) is 72.0 Å². The summed E-state index contributed by atoms with van der Waals surface area (Å²) >= 11 is 0. The van der Waals surface area contributed by atoms with Crippen LogP contribution in [0.1, 0.15) is 39.7 Å². The lowest BCUT2D eigenvalue weighted by atomic mass is 9.92. The first-order valence-corrected chi connectivity index (χ1v) is 12.8. The van der Waals surface area contributed by atoms with Gasteiger partial charge in [0, 0.05) is 62.0 Å². The standard InChI is InChI=1S/C30H31N5O3/c1-22-31-12-13-35(22)20-27(18-28-29(36)30(37)33-21-32-28)26-10-8-24(9-11-26)3-2-23-4-6-25(7-5-23)19-34-14-16-38-17-15-34/h4-13,21,27,36H,14-20H2,1H3,(H,32,33,37). The van der Waals surface area contributed by atoms with Crippen molar-refractivity contribution in [2.75, 3.05) is 26.3 Å². The zero-order valence-corrected chi connectivity index (χ0v) is 21.4. The lowest BCUT2D eigenvalue weighted by molar-refractivity contribution is 0.0342. The highest BCUT2D eigenvalue weighted by Gasteiger charge is 2.18.